The highest BCUT2D eigenvalue weighted by Crippen LogP contribution is 2.20. The molecule has 1 heterocycles. The molecule has 152 valence electrons. The number of amides is 1. The summed E-state index contributed by atoms with van der Waals surface area (Å²) in [6.45, 7) is 2.57. The lowest BCUT2D eigenvalue weighted by atomic mass is 10.1. The number of hydrogen-bond acceptors (Lipinski definition) is 3. The van der Waals surface area contributed by atoms with E-state index in [-0.39, 0.29) is 11.9 Å². The summed E-state index contributed by atoms with van der Waals surface area (Å²) in [6, 6.07) is 20.9. The van der Waals surface area contributed by atoms with Crippen molar-refractivity contribution in [1.29, 1.82) is 0 Å². The molecule has 6 heteroatoms. The zero-order valence-corrected chi connectivity index (χ0v) is 17.6. The van der Waals surface area contributed by atoms with Crippen LogP contribution >= 0.6 is 11.6 Å². The van der Waals surface area contributed by atoms with Gasteiger partial charge in [-0.15, -0.1) is 0 Å². The second-order valence-corrected chi connectivity index (χ2v) is 7.61. The molecule has 3 aromatic carbocycles. The first-order chi connectivity index (χ1) is 14.5. The zero-order valence-electron chi connectivity index (χ0n) is 16.8. The Bertz CT molecular complexity index is 1170. The van der Waals surface area contributed by atoms with Crippen LogP contribution in [-0.4, -0.2) is 22.8 Å². The smallest absolute Gasteiger partial charge is 0.251 e. The van der Waals surface area contributed by atoms with Crippen LogP contribution in [0.25, 0.3) is 10.9 Å². The number of methoxy groups -OCH3 is 1. The molecule has 0 aliphatic carbocycles. The first-order valence-electron chi connectivity index (χ1n) is 9.68. The van der Waals surface area contributed by atoms with Crippen LogP contribution in [0, 0.1) is 0 Å². The number of hydrogen-bond donors (Lipinski definition) is 1. The van der Waals surface area contributed by atoms with Crippen molar-refractivity contribution in [3.63, 3.8) is 0 Å². The van der Waals surface area contributed by atoms with Gasteiger partial charge < -0.3 is 10.1 Å². The lowest BCUT2D eigenvalue weighted by molar-refractivity contribution is 0.0940. The van der Waals surface area contributed by atoms with E-state index in [1.807, 2.05) is 84.5 Å². The summed E-state index contributed by atoms with van der Waals surface area (Å²) >= 11 is 5.97. The molecule has 30 heavy (non-hydrogen) atoms. The maximum atomic E-state index is 12.8. The lowest BCUT2D eigenvalue weighted by Crippen LogP contribution is -2.26. The fourth-order valence-electron chi connectivity index (χ4n) is 3.36. The van der Waals surface area contributed by atoms with E-state index in [9.17, 15) is 4.79 Å². The third-order valence-electron chi connectivity index (χ3n) is 5.12. The van der Waals surface area contributed by atoms with Crippen molar-refractivity contribution in [1.82, 2.24) is 15.1 Å². The van der Waals surface area contributed by atoms with E-state index in [0.29, 0.717) is 17.1 Å². The fraction of sp³-hybridized carbons (Fsp3) is 0.167. The monoisotopic (exact) mass is 419 g/mol. The van der Waals surface area contributed by atoms with Crippen LogP contribution in [0.5, 0.6) is 5.75 Å². The van der Waals surface area contributed by atoms with Gasteiger partial charge in [-0.3, -0.25) is 9.48 Å². The number of benzene rings is 3. The van der Waals surface area contributed by atoms with E-state index < -0.39 is 0 Å². The van der Waals surface area contributed by atoms with Gasteiger partial charge in [-0.25, -0.2) is 0 Å². The van der Waals surface area contributed by atoms with E-state index in [0.717, 1.165) is 27.8 Å². The maximum absolute atomic E-state index is 12.8. The number of aromatic nitrogens is 2. The Morgan fingerprint density at radius 1 is 1.10 bits per heavy atom. The molecule has 0 aliphatic heterocycles. The maximum Gasteiger partial charge on any atom is 0.251 e. The van der Waals surface area contributed by atoms with Crippen LogP contribution in [0.15, 0.2) is 72.9 Å². The molecule has 4 rings (SSSR count). The Labute approximate surface area is 180 Å². The van der Waals surface area contributed by atoms with Gasteiger partial charge in [0.05, 0.1) is 31.4 Å². The number of nitrogens with zero attached hydrogens (tertiary/aromatic N) is 2. The largest absolute Gasteiger partial charge is 0.497 e. The van der Waals surface area contributed by atoms with Crippen LogP contribution in [0.2, 0.25) is 5.02 Å². The summed E-state index contributed by atoms with van der Waals surface area (Å²) in [6.07, 6.45) is 1.81. The van der Waals surface area contributed by atoms with Gasteiger partial charge >= 0.3 is 0 Å². The number of nitrogens with one attached hydrogen (secondary N) is 1. The normalized spacial score (nSPS) is 12.0. The van der Waals surface area contributed by atoms with Gasteiger partial charge in [0.15, 0.2) is 0 Å². The Morgan fingerprint density at radius 3 is 2.53 bits per heavy atom. The quantitative estimate of drug-likeness (QED) is 0.465. The molecule has 1 atom stereocenters. The molecule has 0 unspecified atom stereocenters. The molecular formula is C24H22ClN3O2. The minimum Gasteiger partial charge on any atom is -0.497 e. The van der Waals surface area contributed by atoms with Crippen LogP contribution in [0.3, 0.4) is 0 Å². The first kappa shape index (κ1) is 20.0. The first-order valence-corrected chi connectivity index (χ1v) is 10.1. The second kappa shape index (κ2) is 8.59. The Hall–Kier alpha value is -3.31. The van der Waals surface area contributed by atoms with Crippen molar-refractivity contribution in [2.45, 2.75) is 19.5 Å². The number of halogens is 1. The summed E-state index contributed by atoms with van der Waals surface area (Å²) in [4.78, 5) is 12.8. The van der Waals surface area contributed by atoms with Gasteiger partial charge in [-0.1, -0.05) is 41.9 Å². The lowest BCUT2D eigenvalue weighted by Gasteiger charge is -2.15. The molecule has 0 saturated carbocycles. The topological polar surface area (TPSA) is 56.1 Å². The molecule has 0 radical (unpaired) electrons. The Morgan fingerprint density at radius 2 is 1.83 bits per heavy atom. The molecule has 1 aromatic heterocycles. The van der Waals surface area contributed by atoms with Gasteiger partial charge in [0.25, 0.3) is 5.91 Å². The molecule has 1 amide bonds. The van der Waals surface area contributed by atoms with Gasteiger partial charge in [-0.05, 0) is 54.4 Å². The van der Waals surface area contributed by atoms with E-state index in [4.69, 9.17) is 16.3 Å². The SMILES string of the molecule is COc1ccc([C@H](C)NC(=O)c2ccc3cnn(Cc4ccc(Cl)cc4)c3c2)cc1. The molecule has 0 spiro atoms. The highest BCUT2D eigenvalue weighted by molar-refractivity contribution is 6.30. The number of carbonyl (C=O) groups is 1. The van der Waals surface area contributed by atoms with E-state index in [1.54, 1.807) is 7.11 Å². The van der Waals surface area contributed by atoms with Gasteiger partial charge in [0.1, 0.15) is 5.75 Å². The predicted octanol–water partition coefficient (Wildman–Crippen LogP) is 5.24. The van der Waals surface area contributed by atoms with Crippen LogP contribution < -0.4 is 10.1 Å². The summed E-state index contributed by atoms with van der Waals surface area (Å²) in [5, 5.41) is 9.23. The van der Waals surface area contributed by atoms with Crippen molar-refractivity contribution >= 4 is 28.4 Å². The Kier molecular flexibility index (Phi) is 5.72. The van der Waals surface area contributed by atoms with Gasteiger partial charge in [-0.2, -0.15) is 5.10 Å². The number of rotatable bonds is 6. The van der Waals surface area contributed by atoms with Gasteiger partial charge in [0, 0.05) is 16.0 Å². The average molecular weight is 420 g/mol. The van der Waals surface area contributed by atoms with Crippen LogP contribution in [0.1, 0.15) is 34.5 Å². The number of carbonyl (C=O) groups excluding carboxylic acids is 1. The molecule has 0 bridgehead atoms. The van der Waals surface area contributed by atoms with Crippen LogP contribution in [-0.2, 0) is 6.54 Å². The summed E-state index contributed by atoms with van der Waals surface area (Å²) in [5.41, 5.74) is 3.61. The predicted molar refractivity (Wildman–Crippen MR) is 119 cm³/mol. The molecule has 0 aliphatic rings. The van der Waals surface area contributed by atoms with E-state index in [2.05, 4.69) is 10.4 Å². The molecular weight excluding hydrogens is 398 g/mol. The summed E-state index contributed by atoms with van der Waals surface area (Å²) in [5.74, 6) is 0.663. The minimum atomic E-state index is -0.127. The average Bonchev–Trinajstić information content (AvgIpc) is 3.17. The number of ether oxygens (including phenoxy) is 1. The van der Waals surface area contributed by atoms with Crippen molar-refractivity contribution in [2.75, 3.05) is 7.11 Å². The summed E-state index contributed by atoms with van der Waals surface area (Å²) < 4.78 is 7.08. The fourth-order valence-corrected chi connectivity index (χ4v) is 3.48. The van der Waals surface area contributed by atoms with Crippen molar-refractivity contribution in [2.24, 2.45) is 0 Å². The molecule has 5 nitrogen and oxygen atoms in total. The highest BCUT2D eigenvalue weighted by atomic mass is 35.5. The van der Waals surface area contributed by atoms with E-state index >= 15 is 0 Å². The minimum absolute atomic E-state index is 0.125. The number of fused-ring (bicyclic) bond motifs is 1. The Balaban J connectivity index is 1.53. The molecule has 0 saturated heterocycles. The third-order valence-corrected chi connectivity index (χ3v) is 5.37. The standard InChI is InChI=1S/C24H22ClN3O2/c1-16(18-7-11-22(30-2)12-8-18)27-24(29)19-5-6-20-14-26-28(23(20)13-19)15-17-3-9-21(25)10-4-17/h3-14,16H,15H2,1-2H3,(H,27,29)/t16-/m0/s1. The van der Waals surface area contributed by atoms with E-state index in [1.165, 1.54) is 0 Å². The summed E-state index contributed by atoms with van der Waals surface area (Å²) in [7, 11) is 1.63. The second-order valence-electron chi connectivity index (χ2n) is 7.17. The molecule has 0 fully saturated rings. The highest BCUT2D eigenvalue weighted by Gasteiger charge is 2.14. The van der Waals surface area contributed by atoms with Crippen molar-refractivity contribution in [3.8, 4) is 5.75 Å². The van der Waals surface area contributed by atoms with Crippen LogP contribution in [0.4, 0.5) is 0 Å². The molecule has 1 N–H and O–H groups in total. The van der Waals surface area contributed by atoms with Crippen molar-refractivity contribution in [3.05, 3.63) is 94.6 Å². The van der Waals surface area contributed by atoms with Crippen molar-refractivity contribution < 1.29 is 9.53 Å². The molecule has 4 aromatic rings. The van der Waals surface area contributed by atoms with Gasteiger partial charge in [0.2, 0.25) is 0 Å². The zero-order chi connectivity index (χ0) is 21.1. The third kappa shape index (κ3) is 4.31.